The summed E-state index contributed by atoms with van der Waals surface area (Å²) >= 11 is 0. The van der Waals surface area contributed by atoms with Crippen LogP contribution in [0.1, 0.15) is 62.9 Å². The number of amides is 2. The normalized spacial score (nSPS) is 15.1. The molecule has 0 radical (unpaired) electrons. The van der Waals surface area contributed by atoms with Crippen LogP contribution in [-0.2, 0) is 11.3 Å². The third kappa shape index (κ3) is 6.10. The van der Waals surface area contributed by atoms with E-state index in [-0.39, 0.29) is 17.5 Å². The maximum Gasteiger partial charge on any atom is 0.272 e. The molecule has 1 aromatic heterocycles. The van der Waals surface area contributed by atoms with Gasteiger partial charge in [0.2, 0.25) is 5.91 Å². The van der Waals surface area contributed by atoms with Crippen LogP contribution in [0.4, 0.5) is 0 Å². The molecule has 3 rings (SSSR count). The summed E-state index contributed by atoms with van der Waals surface area (Å²) in [5, 5.41) is 10.3. The van der Waals surface area contributed by atoms with Crippen molar-refractivity contribution in [1.82, 2.24) is 20.4 Å². The van der Waals surface area contributed by atoms with Crippen molar-refractivity contribution < 1.29 is 19.1 Å². The van der Waals surface area contributed by atoms with E-state index in [4.69, 9.17) is 9.47 Å². The Labute approximate surface area is 202 Å². The average Bonchev–Trinajstić information content (AvgIpc) is 3.25. The fourth-order valence-corrected chi connectivity index (χ4v) is 4.71. The molecule has 1 atom stereocenters. The van der Waals surface area contributed by atoms with E-state index in [1.807, 2.05) is 22.9 Å². The third-order valence-electron chi connectivity index (χ3n) is 6.40. The van der Waals surface area contributed by atoms with Crippen molar-refractivity contribution in [2.45, 2.75) is 65.0 Å². The summed E-state index contributed by atoms with van der Waals surface area (Å²) in [6.45, 7) is 4.80. The summed E-state index contributed by atoms with van der Waals surface area (Å²) in [5.41, 5.74) is 1.74. The molecule has 34 heavy (non-hydrogen) atoms. The minimum atomic E-state index is -0.583. The molecule has 1 unspecified atom stereocenters. The van der Waals surface area contributed by atoms with Gasteiger partial charge < -0.3 is 20.1 Å². The summed E-state index contributed by atoms with van der Waals surface area (Å²) < 4.78 is 13.0. The fraction of sp³-hybridized carbons (Fsp3) is 0.577. The van der Waals surface area contributed by atoms with Gasteiger partial charge in [0.05, 0.1) is 25.5 Å². The van der Waals surface area contributed by atoms with Crippen LogP contribution >= 0.6 is 0 Å². The molecule has 0 bridgehead atoms. The van der Waals surface area contributed by atoms with Gasteiger partial charge in [0.15, 0.2) is 5.69 Å². The zero-order valence-corrected chi connectivity index (χ0v) is 21.0. The Kier molecular flexibility index (Phi) is 8.96. The van der Waals surface area contributed by atoms with Crippen molar-refractivity contribution in [1.29, 1.82) is 0 Å². The van der Waals surface area contributed by atoms with E-state index in [0.29, 0.717) is 36.3 Å². The Hall–Kier alpha value is -3.03. The molecular formula is C26H38N4O4. The first-order valence-electron chi connectivity index (χ1n) is 12.2. The highest BCUT2D eigenvalue weighted by Gasteiger charge is 2.28. The van der Waals surface area contributed by atoms with Gasteiger partial charge in [-0.15, -0.1) is 0 Å². The van der Waals surface area contributed by atoms with Crippen molar-refractivity contribution in [3.8, 4) is 22.8 Å². The van der Waals surface area contributed by atoms with Gasteiger partial charge in [0.25, 0.3) is 5.91 Å². The number of likely N-dealkylation sites (N-methyl/N-ethyl adjacent to an activating group) is 1. The Morgan fingerprint density at radius 3 is 2.32 bits per heavy atom. The molecule has 1 heterocycles. The predicted octanol–water partition coefficient (Wildman–Crippen LogP) is 4.04. The second-order valence-electron chi connectivity index (χ2n) is 9.41. The van der Waals surface area contributed by atoms with Crippen molar-refractivity contribution in [3.05, 3.63) is 30.0 Å². The zero-order chi connectivity index (χ0) is 24.7. The van der Waals surface area contributed by atoms with E-state index in [9.17, 15) is 9.59 Å². The van der Waals surface area contributed by atoms with Crippen molar-refractivity contribution >= 4 is 11.8 Å². The number of aromatic nitrogens is 2. The molecule has 1 fully saturated rings. The number of nitrogens with one attached hydrogen (secondary N) is 2. The van der Waals surface area contributed by atoms with Crippen LogP contribution in [0, 0.1) is 11.8 Å². The van der Waals surface area contributed by atoms with Gasteiger partial charge >= 0.3 is 0 Å². The molecular weight excluding hydrogens is 432 g/mol. The molecule has 1 saturated carbocycles. The lowest BCUT2D eigenvalue weighted by Crippen LogP contribution is -2.47. The lowest BCUT2D eigenvalue weighted by Gasteiger charge is -2.26. The summed E-state index contributed by atoms with van der Waals surface area (Å²) in [6.07, 6.45) is 6.46. The van der Waals surface area contributed by atoms with Crippen molar-refractivity contribution in [2.24, 2.45) is 11.8 Å². The first-order chi connectivity index (χ1) is 16.4. The highest BCUT2D eigenvalue weighted by Crippen LogP contribution is 2.39. The first kappa shape index (κ1) is 25.6. The average molecular weight is 471 g/mol. The van der Waals surface area contributed by atoms with Gasteiger partial charge in [-0.1, -0.05) is 52.0 Å². The lowest BCUT2D eigenvalue weighted by molar-refractivity contribution is -0.123. The van der Waals surface area contributed by atoms with E-state index in [1.165, 1.54) is 19.3 Å². The monoisotopic (exact) mass is 470 g/mol. The highest BCUT2D eigenvalue weighted by molar-refractivity contribution is 5.97. The molecule has 2 N–H and O–H groups in total. The van der Waals surface area contributed by atoms with Gasteiger partial charge in [-0.05, 0) is 36.5 Å². The van der Waals surface area contributed by atoms with Gasteiger partial charge in [0.1, 0.15) is 17.5 Å². The number of rotatable bonds is 10. The largest absolute Gasteiger partial charge is 0.496 e. The Bertz CT molecular complexity index is 957. The molecule has 1 aliphatic carbocycles. The second-order valence-corrected chi connectivity index (χ2v) is 9.41. The van der Waals surface area contributed by atoms with E-state index in [1.54, 1.807) is 27.3 Å². The van der Waals surface area contributed by atoms with Gasteiger partial charge in [-0.2, -0.15) is 5.10 Å². The number of methoxy groups -OCH3 is 2. The van der Waals surface area contributed by atoms with E-state index < -0.39 is 6.04 Å². The van der Waals surface area contributed by atoms with Gasteiger partial charge in [-0.25, -0.2) is 0 Å². The molecule has 1 aromatic carbocycles. The number of hydrogen-bond donors (Lipinski definition) is 2. The second kappa shape index (κ2) is 11.9. The van der Waals surface area contributed by atoms with Crippen molar-refractivity contribution in [2.75, 3.05) is 21.3 Å². The first-order valence-corrected chi connectivity index (χ1v) is 12.2. The number of carbonyl (C=O) groups is 2. The molecule has 0 spiro atoms. The van der Waals surface area contributed by atoms with Crippen LogP contribution in [0.2, 0.25) is 0 Å². The number of benzene rings is 1. The van der Waals surface area contributed by atoms with E-state index >= 15 is 0 Å². The molecule has 0 saturated heterocycles. The Balaban J connectivity index is 1.92. The van der Waals surface area contributed by atoms with Crippen LogP contribution in [0.5, 0.6) is 11.5 Å². The van der Waals surface area contributed by atoms with Crippen LogP contribution in [0.3, 0.4) is 0 Å². The van der Waals surface area contributed by atoms with Crippen molar-refractivity contribution in [3.63, 3.8) is 0 Å². The summed E-state index contributed by atoms with van der Waals surface area (Å²) in [5.74, 6) is 1.49. The van der Waals surface area contributed by atoms with Gasteiger partial charge in [-0.3, -0.25) is 14.3 Å². The van der Waals surface area contributed by atoms with Crippen LogP contribution in [0.15, 0.2) is 24.3 Å². The quantitative estimate of drug-likeness (QED) is 0.547. The Morgan fingerprint density at radius 1 is 1.12 bits per heavy atom. The topological polar surface area (TPSA) is 94.5 Å². The summed E-state index contributed by atoms with van der Waals surface area (Å²) in [6, 6.07) is 6.74. The molecule has 8 heteroatoms. The molecule has 0 aliphatic heterocycles. The van der Waals surface area contributed by atoms with E-state index in [0.717, 1.165) is 24.1 Å². The van der Waals surface area contributed by atoms with E-state index in [2.05, 4.69) is 29.6 Å². The molecule has 8 nitrogen and oxygen atoms in total. The Morgan fingerprint density at radius 2 is 1.76 bits per heavy atom. The third-order valence-corrected chi connectivity index (χ3v) is 6.40. The molecule has 1 aliphatic rings. The SMILES string of the molecule is CNC(=O)C(CC1CCCCC1)NC(=O)c1cc(-c2c(OC)cccc2OC)n(CC(C)C)n1. The smallest absolute Gasteiger partial charge is 0.272 e. The number of hydrogen-bond acceptors (Lipinski definition) is 5. The standard InChI is InChI=1S/C26H38N4O4/c1-17(2)16-30-21(24-22(33-4)12-9-13-23(24)34-5)15-20(29-30)26(32)28-19(25(31)27-3)14-18-10-7-6-8-11-18/h9,12-13,15,17-19H,6-8,10-11,14,16H2,1-5H3,(H,27,31)(H,28,32). The van der Waals surface area contributed by atoms with Crippen LogP contribution in [0.25, 0.3) is 11.3 Å². The fourth-order valence-electron chi connectivity index (χ4n) is 4.71. The highest BCUT2D eigenvalue weighted by atomic mass is 16.5. The predicted molar refractivity (Wildman–Crippen MR) is 132 cm³/mol. The minimum absolute atomic E-state index is 0.174. The maximum absolute atomic E-state index is 13.3. The maximum atomic E-state index is 13.3. The molecule has 186 valence electrons. The summed E-state index contributed by atoms with van der Waals surface area (Å²) in [4.78, 5) is 25.9. The van der Waals surface area contributed by atoms with Crippen LogP contribution in [-0.4, -0.2) is 48.9 Å². The summed E-state index contributed by atoms with van der Waals surface area (Å²) in [7, 11) is 4.81. The zero-order valence-electron chi connectivity index (χ0n) is 21.0. The van der Waals surface area contributed by atoms with Gasteiger partial charge in [0, 0.05) is 13.6 Å². The number of carbonyl (C=O) groups excluding carboxylic acids is 2. The number of ether oxygens (including phenoxy) is 2. The van der Waals surface area contributed by atoms with Crippen LogP contribution < -0.4 is 20.1 Å². The molecule has 2 aromatic rings. The lowest BCUT2D eigenvalue weighted by atomic mass is 9.84. The minimum Gasteiger partial charge on any atom is -0.496 e. The number of nitrogens with zero attached hydrogens (tertiary/aromatic N) is 2. The molecule has 2 amide bonds.